The lowest BCUT2D eigenvalue weighted by Crippen LogP contribution is -2.33. The Morgan fingerprint density at radius 3 is 2.60 bits per heavy atom. The van der Waals surface area contributed by atoms with Gasteiger partial charge in [-0.1, -0.05) is 30.3 Å². The van der Waals surface area contributed by atoms with Crippen molar-refractivity contribution in [2.45, 2.75) is 12.7 Å². The van der Waals surface area contributed by atoms with Gasteiger partial charge in [0, 0.05) is 6.54 Å². The third-order valence-corrected chi connectivity index (χ3v) is 1.97. The summed E-state index contributed by atoms with van der Waals surface area (Å²) in [5, 5.41) is 0. The summed E-state index contributed by atoms with van der Waals surface area (Å²) in [5.74, 6) is -0.437. The van der Waals surface area contributed by atoms with E-state index in [0.717, 1.165) is 5.56 Å². The van der Waals surface area contributed by atoms with Crippen LogP contribution in [0.1, 0.15) is 5.56 Å². The largest absolute Gasteiger partial charge is 0.467 e. The SMILES string of the molecule is COC(=O)C(CN)OCc1ccccc1. The molecule has 0 spiro atoms. The fraction of sp³-hybridized carbons (Fsp3) is 0.364. The Kier molecular flexibility index (Phi) is 4.80. The first-order valence-corrected chi connectivity index (χ1v) is 4.71. The van der Waals surface area contributed by atoms with E-state index in [-0.39, 0.29) is 6.54 Å². The Balaban J connectivity index is 2.44. The molecule has 1 unspecified atom stereocenters. The summed E-state index contributed by atoms with van der Waals surface area (Å²) >= 11 is 0. The fourth-order valence-corrected chi connectivity index (χ4v) is 1.13. The number of hydrogen-bond acceptors (Lipinski definition) is 4. The van der Waals surface area contributed by atoms with Gasteiger partial charge in [0.05, 0.1) is 13.7 Å². The van der Waals surface area contributed by atoms with Crippen molar-refractivity contribution in [1.82, 2.24) is 0 Å². The third-order valence-electron chi connectivity index (χ3n) is 1.97. The molecule has 0 aliphatic rings. The molecule has 0 fully saturated rings. The van der Waals surface area contributed by atoms with Gasteiger partial charge >= 0.3 is 5.97 Å². The number of methoxy groups -OCH3 is 1. The molecule has 82 valence electrons. The molecule has 0 saturated carbocycles. The van der Waals surface area contributed by atoms with Gasteiger partial charge in [-0.3, -0.25) is 0 Å². The molecule has 4 heteroatoms. The van der Waals surface area contributed by atoms with Crippen LogP contribution in [0.3, 0.4) is 0 Å². The summed E-state index contributed by atoms with van der Waals surface area (Å²) in [7, 11) is 1.32. The smallest absolute Gasteiger partial charge is 0.336 e. The molecular weight excluding hydrogens is 194 g/mol. The Hall–Kier alpha value is -1.39. The van der Waals surface area contributed by atoms with Crippen LogP contribution in [-0.2, 0) is 20.9 Å². The van der Waals surface area contributed by atoms with Crippen LogP contribution in [0.4, 0.5) is 0 Å². The molecule has 0 heterocycles. The third kappa shape index (κ3) is 3.69. The molecule has 4 nitrogen and oxygen atoms in total. The highest BCUT2D eigenvalue weighted by atomic mass is 16.6. The molecular formula is C11H15NO3. The molecule has 1 rings (SSSR count). The first kappa shape index (κ1) is 11.7. The predicted octanol–water partition coefficient (Wildman–Crippen LogP) is 0.703. The average molecular weight is 209 g/mol. The number of carbonyl (C=O) groups is 1. The van der Waals surface area contributed by atoms with Crippen molar-refractivity contribution in [2.75, 3.05) is 13.7 Å². The average Bonchev–Trinajstić information content (AvgIpc) is 2.31. The second-order valence-electron chi connectivity index (χ2n) is 3.04. The van der Waals surface area contributed by atoms with Crippen molar-refractivity contribution in [3.8, 4) is 0 Å². The monoisotopic (exact) mass is 209 g/mol. The molecule has 1 atom stereocenters. The van der Waals surface area contributed by atoms with Crippen LogP contribution in [0.5, 0.6) is 0 Å². The Bertz CT molecular complexity index is 300. The van der Waals surface area contributed by atoms with Crippen LogP contribution in [0, 0.1) is 0 Å². The standard InChI is InChI=1S/C11H15NO3/c1-14-11(13)10(7-12)15-8-9-5-3-2-4-6-9/h2-6,10H,7-8,12H2,1H3. The number of carbonyl (C=O) groups excluding carboxylic acids is 1. The van der Waals surface area contributed by atoms with E-state index in [1.807, 2.05) is 30.3 Å². The van der Waals surface area contributed by atoms with Crippen molar-refractivity contribution in [3.63, 3.8) is 0 Å². The molecule has 0 aliphatic carbocycles. The maximum atomic E-state index is 11.1. The van der Waals surface area contributed by atoms with Gasteiger partial charge in [-0.2, -0.15) is 0 Å². The Labute approximate surface area is 89.0 Å². The quantitative estimate of drug-likeness (QED) is 0.725. The maximum absolute atomic E-state index is 11.1. The zero-order valence-electron chi connectivity index (χ0n) is 8.68. The van der Waals surface area contributed by atoms with Gasteiger partial charge in [0.15, 0.2) is 6.10 Å². The first-order valence-electron chi connectivity index (χ1n) is 4.71. The summed E-state index contributed by atoms with van der Waals surface area (Å²) in [6.45, 7) is 0.483. The number of rotatable bonds is 5. The second kappa shape index (κ2) is 6.16. The zero-order chi connectivity index (χ0) is 11.1. The number of ether oxygens (including phenoxy) is 2. The highest BCUT2D eigenvalue weighted by Crippen LogP contribution is 2.03. The summed E-state index contributed by atoms with van der Waals surface area (Å²) in [4.78, 5) is 11.1. The summed E-state index contributed by atoms with van der Waals surface area (Å²) in [6, 6.07) is 9.59. The zero-order valence-corrected chi connectivity index (χ0v) is 8.68. The molecule has 0 aliphatic heterocycles. The van der Waals surface area contributed by atoms with E-state index in [1.165, 1.54) is 7.11 Å². The van der Waals surface area contributed by atoms with Crippen LogP contribution in [0.15, 0.2) is 30.3 Å². The minimum Gasteiger partial charge on any atom is -0.467 e. The Morgan fingerprint density at radius 1 is 1.40 bits per heavy atom. The van der Waals surface area contributed by atoms with Gasteiger partial charge in [-0.25, -0.2) is 4.79 Å². The lowest BCUT2D eigenvalue weighted by molar-refractivity contribution is -0.154. The second-order valence-corrected chi connectivity index (χ2v) is 3.04. The van der Waals surface area contributed by atoms with E-state index in [0.29, 0.717) is 6.61 Å². The van der Waals surface area contributed by atoms with Gasteiger partial charge in [0.2, 0.25) is 0 Å². The normalized spacial score (nSPS) is 12.1. The van der Waals surface area contributed by atoms with E-state index in [9.17, 15) is 4.79 Å². The molecule has 1 aromatic carbocycles. The van der Waals surface area contributed by atoms with Crippen LogP contribution in [-0.4, -0.2) is 25.7 Å². The lowest BCUT2D eigenvalue weighted by Gasteiger charge is -2.13. The summed E-state index contributed by atoms with van der Waals surface area (Å²) in [5.41, 5.74) is 6.39. The number of hydrogen-bond donors (Lipinski definition) is 1. The van der Waals surface area contributed by atoms with E-state index in [2.05, 4.69) is 4.74 Å². The van der Waals surface area contributed by atoms with Crippen LogP contribution in [0.2, 0.25) is 0 Å². The van der Waals surface area contributed by atoms with Crippen molar-refractivity contribution in [3.05, 3.63) is 35.9 Å². The van der Waals surface area contributed by atoms with Gasteiger partial charge in [-0.05, 0) is 5.56 Å². The van der Waals surface area contributed by atoms with E-state index >= 15 is 0 Å². The van der Waals surface area contributed by atoms with Crippen molar-refractivity contribution in [1.29, 1.82) is 0 Å². The molecule has 0 radical (unpaired) electrons. The minimum atomic E-state index is -0.685. The highest BCUT2D eigenvalue weighted by molar-refractivity contribution is 5.74. The fourth-order valence-electron chi connectivity index (χ4n) is 1.13. The summed E-state index contributed by atoms with van der Waals surface area (Å²) in [6.07, 6.45) is -0.685. The molecule has 0 amide bonds. The van der Waals surface area contributed by atoms with Gasteiger partial charge in [0.1, 0.15) is 0 Å². The van der Waals surface area contributed by atoms with E-state index < -0.39 is 12.1 Å². The molecule has 15 heavy (non-hydrogen) atoms. The molecule has 1 aromatic rings. The van der Waals surface area contributed by atoms with Crippen molar-refractivity contribution in [2.24, 2.45) is 5.73 Å². The molecule has 0 aromatic heterocycles. The van der Waals surface area contributed by atoms with Crippen molar-refractivity contribution < 1.29 is 14.3 Å². The molecule has 2 N–H and O–H groups in total. The number of nitrogens with two attached hydrogens (primary N) is 1. The van der Waals surface area contributed by atoms with Gasteiger partial charge in [-0.15, -0.1) is 0 Å². The molecule has 0 bridgehead atoms. The van der Waals surface area contributed by atoms with Crippen LogP contribution < -0.4 is 5.73 Å². The van der Waals surface area contributed by atoms with Crippen LogP contribution >= 0.6 is 0 Å². The van der Waals surface area contributed by atoms with E-state index in [4.69, 9.17) is 10.5 Å². The van der Waals surface area contributed by atoms with Gasteiger partial charge in [0.25, 0.3) is 0 Å². The number of esters is 1. The lowest BCUT2D eigenvalue weighted by atomic mass is 10.2. The van der Waals surface area contributed by atoms with E-state index in [1.54, 1.807) is 0 Å². The first-order chi connectivity index (χ1) is 7.27. The number of benzene rings is 1. The highest BCUT2D eigenvalue weighted by Gasteiger charge is 2.17. The van der Waals surface area contributed by atoms with Crippen LogP contribution in [0.25, 0.3) is 0 Å². The summed E-state index contributed by atoms with van der Waals surface area (Å²) < 4.78 is 9.88. The molecule has 0 saturated heterocycles. The predicted molar refractivity (Wildman–Crippen MR) is 56.1 cm³/mol. The Morgan fingerprint density at radius 2 is 2.07 bits per heavy atom. The maximum Gasteiger partial charge on any atom is 0.336 e. The van der Waals surface area contributed by atoms with Crippen molar-refractivity contribution >= 4 is 5.97 Å². The minimum absolute atomic E-state index is 0.125. The topological polar surface area (TPSA) is 61.5 Å². The van der Waals surface area contributed by atoms with Gasteiger partial charge < -0.3 is 15.2 Å².